The van der Waals surface area contributed by atoms with Crippen LogP contribution in [-0.4, -0.2) is 34.5 Å². The highest BCUT2D eigenvalue weighted by atomic mass is 32.2. The fraction of sp³-hybridized carbons (Fsp3) is 0.308. The number of benzene rings is 2. The first kappa shape index (κ1) is 24.2. The van der Waals surface area contributed by atoms with E-state index in [-0.39, 0.29) is 24.8 Å². The first-order valence-electron chi connectivity index (χ1n) is 11.3. The van der Waals surface area contributed by atoms with Crippen molar-refractivity contribution in [1.29, 1.82) is 0 Å². The summed E-state index contributed by atoms with van der Waals surface area (Å²) < 4.78 is 12.7. The van der Waals surface area contributed by atoms with Crippen molar-refractivity contribution in [2.75, 3.05) is 17.6 Å². The van der Waals surface area contributed by atoms with Gasteiger partial charge in [0.15, 0.2) is 6.29 Å². The number of urea groups is 1. The number of ether oxygens (including phenoxy) is 2. The Bertz CT molecular complexity index is 1070. The fourth-order valence-corrected chi connectivity index (χ4v) is 4.61. The molecule has 3 atom stereocenters. The molecule has 0 saturated carbocycles. The number of nitrogens with zero attached hydrogens (tertiary/aromatic N) is 1. The zero-order valence-electron chi connectivity index (χ0n) is 19.0. The van der Waals surface area contributed by atoms with Crippen LogP contribution in [0.15, 0.2) is 78.0 Å². The molecule has 1 saturated heterocycles. The van der Waals surface area contributed by atoms with E-state index in [9.17, 15) is 9.90 Å². The maximum atomic E-state index is 12.0. The molecule has 4 rings (SSSR count). The third kappa shape index (κ3) is 6.57. The number of nitrogens with one attached hydrogen (secondary N) is 2. The van der Waals surface area contributed by atoms with Gasteiger partial charge in [-0.3, -0.25) is 0 Å². The molecule has 2 heterocycles. The monoisotopic (exact) mass is 479 g/mol. The molecule has 8 heteroatoms. The van der Waals surface area contributed by atoms with Gasteiger partial charge < -0.3 is 25.2 Å². The molecule has 1 fully saturated rings. The van der Waals surface area contributed by atoms with Crippen molar-refractivity contribution >= 4 is 23.5 Å². The maximum Gasteiger partial charge on any atom is 0.319 e. The first-order valence-corrected chi connectivity index (χ1v) is 12.3. The molecule has 178 valence electrons. The summed E-state index contributed by atoms with van der Waals surface area (Å²) in [6, 6.07) is 21.0. The molecule has 3 aromatic rings. The van der Waals surface area contributed by atoms with E-state index in [0.29, 0.717) is 18.7 Å². The van der Waals surface area contributed by atoms with Gasteiger partial charge in [0.1, 0.15) is 0 Å². The van der Waals surface area contributed by atoms with Crippen molar-refractivity contribution in [3.63, 3.8) is 0 Å². The van der Waals surface area contributed by atoms with Gasteiger partial charge in [-0.05, 0) is 42.3 Å². The van der Waals surface area contributed by atoms with Gasteiger partial charge in [0.2, 0.25) is 0 Å². The van der Waals surface area contributed by atoms with E-state index < -0.39 is 6.29 Å². The average molecular weight is 480 g/mol. The number of aromatic nitrogens is 1. The minimum Gasteiger partial charge on any atom is -0.392 e. The fourth-order valence-electron chi connectivity index (χ4n) is 3.73. The van der Waals surface area contributed by atoms with Crippen molar-refractivity contribution < 1.29 is 19.4 Å². The molecular weight excluding hydrogens is 450 g/mol. The highest BCUT2D eigenvalue weighted by Crippen LogP contribution is 2.39. The summed E-state index contributed by atoms with van der Waals surface area (Å²) >= 11 is 1.65. The number of carbonyl (C=O) groups is 1. The van der Waals surface area contributed by atoms with Gasteiger partial charge in [0.25, 0.3) is 0 Å². The minimum absolute atomic E-state index is 0.00623. The number of amides is 2. The zero-order chi connectivity index (χ0) is 23.8. The number of aliphatic hydroxyl groups is 1. The summed E-state index contributed by atoms with van der Waals surface area (Å²) in [6.45, 7) is 2.43. The van der Waals surface area contributed by atoms with Crippen LogP contribution in [0.1, 0.15) is 42.4 Å². The number of rotatable bonds is 8. The summed E-state index contributed by atoms with van der Waals surface area (Å²) in [5.74, 6) is 0.735. The smallest absolute Gasteiger partial charge is 0.319 e. The number of hydrogen-bond donors (Lipinski definition) is 3. The molecule has 0 radical (unpaired) electrons. The Morgan fingerprint density at radius 2 is 1.94 bits per heavy atom. The van der Waals surface area contributed by atoms with E-state index in [1.54, 1.807) is 18.0 Å². The molecule has 1 aliphatic rings. The third-order valence-corrected chi connectivity index (χ3v) is 6.50. The molecule has 1 aromatic heterocycles. The quantitative estimate of drug-likeness (QED) is 0.392. The topological polar surface area (TPSA) is 92.7 Å². The Kier molecular flexibility index (Phi) is 8.54. The normalized spacial score (nSPS) is 20.0. The predicted molar refractivity (Wildman–Crippen MR) is 133 cm³/mol. The van der Waals surface area contributed by atoms with Gasteiger partial charge in [-0.2, -0.15) is 0 Å². The molecule has 34 heavy (non-hydrogen) atoms. The Balaban J connectivity index is 1.53. The highest BCUT2D eigenvalue weighted by Gasteiger charge is 2.32. The number of aliphatic hydroxyl groups excluding tert-OH is 1. The van der Waals surface area contributed by atoms with Gasteiger partial charge >= 0.3 is 6.03 Å². The Morgan fingerprint density at radius 3 is 2.68 bits per heavy atom. The average Bonchev–Trinajstić information content (AvgIpc) is 2.88. The Labute approximate surface area is 203 Å². The van der Waals surface area contributed by atoms with Crippen LogP contribution < -0.4 is 10.6 Å². The van der Waals surface area contributed by atoms with Gasteiger partial charge in [-0.1, -0.05) is 42.5 Å². The van der Waals surface area contributed by atoms with Gasteiger partial charge in [0, 0.05) is 36.2 Å². The summed E-state index contributed by atoms with van der Waals surface area (Å²) in [6.07, 6.45) is 1.68. The molecule has 3 unspecified atom stereocenters. The summed E-state index contributed by atoms with van der Waals surface area (Å²) in [5, 5.41) is 15.9. The second kappa shape index (κ2) is 12.0. The summed E-state index contributed by atoms with van der Waals surface area (Å²) in [7, 11) is 0. The number of carbonyl (C=O) groups excluding carboxylic acids is 1. The van der Waals surface area contributed by atoms with Crippen LogP contribution in [-0.2, 0) is 16.1 Å². The molecule has 7 nitrogen and oxygen atoms in total. The van der Waals surface area contributed by atoms with Crippen LogP contribution in [0, 0.1) is 0 Å². The van der Waals surface area contributed by atoms with Crippen LogP contribution in [0.3, 0.4) is 0 Å². The lowest BCUT2D eigenvalue weighted by molar-refractivity contribution is -0.245. The lowest BCUT2D eigenvalue weighted by Crippen LogP contribution is -2.31. The van der Waals surface area contributed by atoms with Crippen molar-refractivity contribution in [1.82, 2.24) is 10.3 Å². The second-order valence-electron chi connectivity index (χ2n) is 7.94. The van der Waals surface area contributed by atoms with Crippen LogP contribution in [0.25, 0.3) is 0 Å². The third-order valence-electron chi connectivity index (χ3n) is 5.42. The summed E-state index contributed by atoms with van der Waals surface area (Å²) in [4.78, 5) is 16.3. The molecule has 2 aromatic carbocycles. The molecule has 3 N–H and O–H groups in total. The van der Waals surface area contributed by atoms with E-state index in [0.717, 1.165) is 27.5 Å². The SMILES string of the molecule is CCNC(=O)Nc1cccc(C2OC(CSc3ccccn3)CC(c3ccc(CO)cc3)O2)c1. The van der Waals surface area contributed by atoms with Gasteiger partial charge in [-0.15, -0.1) is 11.8 Å². The Hall–Kier alpha value is -2.91. The summed E-state index contributed by atoms with van der Waals surface area (Å²) in [5.41, 5.74) is 3.40. The maximum absolute atomic E-state index is 12.0. The lowest BCUT2D eigenvalue weighted by Gasteiger charge is -2.36. The van der Waals surface area contributed by atoms with Crippen LogP contribution >= 0.6 is 11.8 Å². The molecule has 0 aliphatic carbocycles. The number of pyridine rings is 1. The van der Waals surface area contributed by atoms with Crippen LogP contribution in [0.4, 0.5) is 10.5 Å². The molecular formula is C26H29N3O4S. The molecule has 1 aliphatic heterocycles. The van der Waals surface area contributed by atoms with E-state index >= 15 is 0 Å². The first-order chi connectivity index (χ1) is 16.6. The van der Waals surface area contributed by atoms with E-state index in [1.165, 1.54) is 0 Å². The van der Waals surface area contributed by atoms with Gasteiger partial charge in [-0.25, -0.2) is 9.78 Å². The van der Waals surface area contributed by atoms with E-state index in [2.05, 4.69) is 15.6 Å². The minimum atomic E-state index is -0.582. The lowest BCUT2D eigenvalue weighted by atomic mass is 10.0. The van der Waals surface area contributed by atoms with Crippen molar-refractivity contribution in [2.45, 2.75) is 43.5 Å². The van der Waals surface area contributed by atoms with E-state index in [1.807, 2.05) is 73.7 Å². The van der Waals surface area contributed by atoms with Crippen molar-refractivity contribution in [3.8, 4) is 0 Å². The van der Waals surface area contributed by atoms with Crippen molar-refractivity contribution in [2.24, 2.45) is 0 Å². The number of hydrogen-bond acceptors (Lipinski definition) is 6. The molecule has 2 amide bonds. The largest absolute Gasteiger partial charge is 0.392 e. The Morgan fingerprint density at radius 1 is 1.09 bits per heavy atom. The van der Waals surface area contributed by atoms with Crippen LogP contribution in [0.2, 0.25) is 0 Å². The zero-order valence-corrected chi connectivity index (χ0v) is 19.8. The number of anilines is 1. The number of thioether (sulfide) groups is 1. The van der Waals surface area contributed by atoms with E-state index in [4.69, 9.17) is 9.47 Å². The predicted octanol–water partition coefficient (Wildman–Crippen LogP) is 5.05. The standard InChI is InChI=1S/C26H29N3O4S/c1-2-27-26(31)29-21-7-5-6-20(14-21)25-32-22(17-34-24-8-3-4-13-28-24)15-23(33-25)19-11-9-18(16-30)10-12-19/h3-14,22-23,25,30H,2,15-17H2,1H3,(H2,27,29,31). The highest BCUT2D eigenvalue weighted by molar-refractivity contribution is 7.99. The van der Waals surface area contributed by atoms with Gasteiger partial charge in [0.05, 0.1) is 23.8 Å². The second-order valence-corrected chi connectivity index (χ2v) is 8.98. The van der Waals surface area contributed by atoms with Crippen molar-refractivity contribution in [3.05, 3.63) is 89.6 Å². The van der Waals surface area contributed by atoms with Crippen LogP contribution in [0.5, 0.6) is 0 Å². The molecule has 0 spiro atoms. The molecule has 0 bridgehead atoms.